The Labute approximate surface area is 158 Å². The molecule has 26 heavy (non-hydrogen) atoms. The second kappa shape index (κ2) is 8.04. The molecule has 1 aromatic carbocycles. The van der Waals surface area contributed by atoms with Crippen molar-refractivity contribution < 1.29 is 9.18 Å². The molecule has 1 heterocycles. The lowest BCUT2D eigenvalue weighted by molar-refractivity contribution is 0.0699. The van der Waals surface area contributed by atoms with Crippen molar-refractivity contribution in [3.8, 4) is 0 Å². The van der Waals surface area contributed by atoms with E-state index in [4.69, 9.17) is 11.6 Å². The average Bonchev–Trinajstić information content (AvgIpc) is 2.95. The molecule has 0 fully saturated rings. The molecular weight excluding hydrogens is 353 g/mol. The molecule has 0 saturated heterocycles. The number of aromatic nitrogens is 2. The van der Waals surface area contributed by atoms with Gasteiger partial charge in [0, 0.05) is 25.2 Å². The molecule has 1 aliphatic rings. The predicted octanol–water partition coefficient (Wildman–Crippen LogP) is 4.52. The first-order chi connectivity index (χ1) is 12.4. The molecule has 0 spiro atoms. The maximum absolute atomic E-state index is 13.4. The summed E-state index contributed by atoms with van der Waals surface area (Å²) < 4.78 is 15.0. The van der Waals surface area contributed by atoms with Crippen LogP contribution in [0.4, 0.5) is 4.39 Å². The SMILES string of the molecule is Cc1cc(C(=O)N(Cc2ccc(F)cc2Cl)C[C@H]2CC=CCC2)n(C)n1. The van der Waals surface area contributed by atoms with Crippen molar-refractivity contribution in [2.75, 3.05) is 6.54 Å². The average molecular weight is 376 g/mol. The molecule has 1 amide bonds. The van der Waals surface area contributed by atoms with Crippen molar-refractivity contribution >= 4 is 17.5 Å². The first-order valence-corrected chi connectivity index (χ1v) is 9.20. The molecular formula is C20H23ClFN3O. The minimum absolute atomic E-state index is 0.0805. The van der Waals surface area contributed by atoms with Gasteiger partial charge >= 0.3 is 0 Å². The van der Waals surface area contributed by atoms with Gasteiger partial charge in [0.05, 0.1) is 5.69 Å². The normalized spacial score (nSPS) is 16.7. The summed E-state index contributed by atoms with van der Waals surface area (Å²) in [5.74, 6) is -0.0446. The number of amides is 1. The molecule has 3 rings (SSSR count). The summed E-state index contributed by atoms with van der Waals surface area (Å²) in [7, 11) is 1.77. The Morgan fingerprint density at radius 3 is 2.81 bits per heavy atom. The quantitative estimate of drug-likeness (QED) is 0.720. The summed E-state index contributed by atoms with van der Waals surface area (Å²) in [5.41, 5.74) is 2.09. The number of benzene rings is 1. The van der Waals surface area contributed by atoms with Gasteiger partial charge in [-0.25, -0.2) is 4.39 Å². The van der Waals surface area contributed by atoms with Gasteiger partial charge in [0.2, 0.25) is 0 Å². The Balaban J connectivity index is 1.86. The van der Waals surface area contributed by atoms with E-state index in [1.54, 1.807) is 28.8 Å². The Kier molecular flexibility index (Phi) is 5.77. The molecule has 0 unspecified atom stereocenters. The molecule has 0 radical (unpaired) electrons. The van der Waals surface area contributed by atoms with E-state index in [2.05, 4.69) is 17.3 Å². The molecule has 0 saturated carbocycles. The van der Waals surface area contributed by atoms with Gasteiger partial charge in [0.25, 0.3) is 5.91 Å². The van der Waals surface area contributed by atoms with E-state index in [1.807, 2.05) is 6.92 Å². The summed E-state index contributed by atoms with van der Waals surface area (Å²) in [6, 6.07) is 6.11. The Morgan fingerprint density at radius 2 is 2.19 bits per heavy atom. The van der Waals surface area contributed by atoms with E-state index >= 15 is 0 Å². The fraction of sp³-hybridized carbons (Fsp3) is 0.400. The second-order valence-corrected chi connectivity index (χ2v) is 7.27. The standard InChI is InChI=1S/C20H23ClFN3O/c1-14-10-19(24(2)23-14)20(26)25(12-15-6-4-3-5-7-15)13-16-8-9-17(22)11-18(16)21/h3-4,8-11,15H,5-7,12-13H2,1-2H3/t15-/m0/s1. The number of halogens is 2. The van der Waals surface area contributed by atoms with Crippen LogP contribution >= 0.6 is 11.6 Å². The van der Waals surface area contributed by atoms with E-state index < -0.39 is 0 Å². The van der Waals surface area contributed by atoms with Crippen molar-refractivity contribution in [2.24, 2.45) is 13.0 Å². The van der Waals surface area contributed by atoms with E-state index in [-0.39, 0.29) is 11.7 Å². The van der Waals surface area contributed by atoms with Gasteiger partial charge in [-0.3, -0.25) is 9.48 Å². The van der Waals surface area contributed by atoms with E-state index in [0.717, 1.165) is 30.5 Å². The molecule has 1 atom stereocenters. The van der Waals surface area contributed by atoms with Gasteiger partial charge in [-0.1, -0.05) is 29.8 Å². The van der Waals surface area contributed by atoms with Crippen LogP contribution in [-0.4, -0.2) is 27.1 Å². The molecule has 0 bridgehead atoms. The third kappa shape index (κ3) is 4.33. The number of hydrogen-bond acceptors (Lipinski definition) is 2. The number of aryl methyl sites for hydroxylation is 2. The smallest absolute Gasteiger partial charge is 0.272 e. The largest absolute Gasteiger partial charge is 0.333 e. The van der Waals surface area contributed by atoms with Crippen molar-refractivity contribution in [3.63, 3.8) is 0 Å². The van der Waals surface area contributed by atoms with Crippen molar-refractivity contribution in [3.05, 3.63) is 64.2 Å². The van der Waals surface area contributed by atoms with Crippen LogP contribution < -0.4 is 0 Å². The molecule has 1 aliphatic carbocycles. The van der Waals surface area contributed by atoms with Crippen LogP contribution in [0.2, 0.25) is 5.02 Å². The molecule has 1 aromatic heterocycles. The van der Waals surface area contributed by atoms with Crippen molar-refractivity contribution in [2.45, 2.75) is 32.7 Å². The molecule has 2 aromatic rings. The Bertz CT molecular complexity index is 830. The highest BCUT2D eigenvalue weighted by Crippen LogP contribution is 2.24. The highest BCUT2D eigenvalue weighted by Gasteiger charge is 2.24. The zero-order valence-electron chi connectivity index (χ0n) is 15.1. The maximum Gasteiger partial charge on any atom is 0.272 e. The van der Waals surface area contributed by atoms with E-state index in [9.17, 15) is 9.18 Å². The van der Waals surface area contributed by atoms with Gasteiger partial charge in [-0.2, -0.15) is 5.10 Å². The number of hydrogen-bond donors (Lipinski definition) is 0. The Hall–Kier alpha value is -2.14. The lowest BCUT2D eigenvalue weighted by atomic mass is 9.93. The lowest BCUT2D eigenvalue weighted by Crippen LogP contribution is -2.36. The van der Waals surface area contributed by atoms with E-state index in [0.29, 0.717) is 29.7 Å². The topological polar surface area (TPSA) is 38.1 Å². The molecule has 0 aliphatic heterocycles. The summed E-state index contributed by atoms with van der Waals surface area (Å²) in [6.07, 6.45) is 7.42. The first-order valence-electron chi connectivity index (χ1n) is 8.83. The monoisotopic (exact) mass is 375 g/mol. The molecule has 138 valence electrons. The third-order valence-corrected chi connectivity index (χ3v) is 5.09. The zero-order valence-corrected chi connectivity index (χ0v) is 15.8. The minimum Gasteiger partial charge on any atom is -0.333 e. The van der Waals surface area contributed by atoms with Gasteiger partial charge in [-0.05, 0) is 55.9 Å². The van der Waals surface area contributed by atoms with Gasteiger partial charge in [0.15, 0.2) is 0 Å². The van der Waals surface area contributed by atoms with Crippen LogP contribution in [0.25, 0.3) is 0 Å². The number of rotatable bonds is 5. The van der Waals surface area contributed by atoms with Crippen LogP contribution in [-0.2, 0) is 13.6 Å². The summed E-state index contributed by atoms with van der Waals surface area (Å²) in [5, 5.41) is 4.62. The van der Waals surface area contributed by atoms with Crippen molar-refractivity contribution in [1.82, 2.24) is 14.7 Å². The fourth-order valence-corrected chi connectivity index (χ4v) is 3.61. The lowest BCUT2D eigenvalue weighted by Gasteiger charge is -2.28. The van der Waals surface area contributed by atoms with Crippen LogP contribution in [0.5, 0.6) is 0 Å². The van der Waals surface area contributed by atoms with Gasteiger partial charge in [-0.15, -0.1) is 0 Å². The highest BCUT2D eigenvalue weighted by atomic mass is 35.5. The first kappa shape index (κ1) is 18.6. The van der Waals surface area contributed by atoms with Crippen LogP contribution in [0.15, 0.2) is 36.4 Å². The molecule has 6 heteroatoms. The summed E-state index contributed by atoms with van der Waals surface area (Å²) in [6.45, 7) is 2.85. The number of nitrogens with zero attached hydrogens (tertiary/aromatic N) is 3. The number of carbonyl (C=O) groups is 1. The summed E-state index contributed by atoms with van der Waals surface area (Å²) >= 11 is 6.20. The van der Waals surface area contributed by atoms with Gasteiger partial charge in [0.1, 0.15) is 11.5 Å². The van der Waals surface area contributed by atoms with Gasteiger partial charge < -0.3 is 4.90 Å². The van der Waals surface area contributed by atoms with Crippen LogP contribution in [0.3, 0.4) is 0 Å². The predicted molar refractivity (Wildman–Crippen MR) is 101 cm³/mol. The van der Waals surface area contributed by atoms with E-state index in [1.165, 1.54) is 12.1 Å². The molecule has 0 N–H and O–H groups in total. The number of carbonyl (C=O) groups excluding carboxylic acids is 1. The summed E-state index contributed by atoms with van der Waals surface area (Å²) in [4.78, 5) is 15.0. The maximum atomic E-state index is 13.4. The van der Waals surface area contributed by atoms with Crippen LogP contribution in [0, 0.1) is 18.7 Å². The van der Waals surface area contributed by atoms with Crippen LogP contribution in [0.1, 0.15) is 41.0 Å². The number of allylic oxidation sites excluding steroid dienone is 2. The zero-order chi connectivity index (χ0) is 18.7. The second-order valence-electron chi connectivity index (χ2n) is 6.87. The molecule has 4 nitrogen and oxygen atoms in total. The fourth-order valence-electron chi connectivity index (χ4n) is 3.38. The van der Waals surface area contributed by atoms with Crippen molar-refractivity contribution in [1.29, 1.82) is 0 Å². The minimum atomic E-state index is -0.378. The third-order valence-electron chi connectivity index (χ3n) is 4.74. The Morgan fingerprint density at radius 1 is 1.38 bits per heavy atom. The highest BCUT2D eigenvalue weighted by molar-refractivity contribution is 6.31.